The average Bonchev–Trinajstić information content (AvgIpc) is 3.17. The van der Waals surface area contributed by atoms with Gasteiger partial charge in [0.1, 0.15) is 11.5 Å². The maximum Gasteiger partial charge on any atom is 0.279 e. The number of hydrazone groups is 1. The van der Waals surface area contributed by atoms with Gasteiger partial charge in [0.05, 0.1) is 23.0 Å². The van der Waals surface area contributed by atoms with Gasteiger partial charge in [-0.3, -0.25) is 4.40 Å². The first-order valence-corrected chi connectivity index (χ1v) is 11.0. The topological polar surface area (TPSA) is 79.9 Å². The molecule has 3 aromatic heterocycles. The number of pyridine rings is 2. The molecule has 0 fully saturated rings. The van der Waals surface area contributed by atoms with E-state index in [4.69, 9.17) is 0 Å². The highest BCUT2D eigenvalue weighted by Crippen LogP contribution is 2.23. The Labute approximate surface area is 183 Å². The summed E-state index contributed by atoms with van der Waals surface area (Å²) in [5.74, 6) is -1.17. The molecule has 0 unspecified atom stereocenters. The summed E-state index contributed by atoms with van der Waals surface area (Å²) in [6, 6.07) is 8.87. The number of benzene rings is 1. The van der Waals surface area contributed by atoms with Gasteiger partial charge >= 0.3 is 0 Å². The number of nitrogens with zero attached hydrogens (tertiary/aromatic N) is 5. The van der Waals surface area contributed by atoms with Gasteiger partial charge in [-0.1, -0.05) is 6.07 Å². The molecule has 0 aliphatic heterocycles. The van der Waals surface area contributed by atoms with Crippen molar-refractivity contribution in [3.8, 4) is 11.1 Å². The maximum absolute atomic E-state index is 13.6. The third-order valence-corrected chi connectivity index (χ3v) is 6.80. The number of aryl methyl sites for hydroxylation is 2. The van der Waals surface area contributed by atoms with Gasteiger partial charge in [0, 0.05) is 36.1 Å². The third kappa shape index (κ3) is 3.96. The van der Waals surface area contributed by atoms with E-state index in [1.54, 1.807) is 42.8 Å². The molecule has 0 N–H and O–H groups in total. The number of fused-ring (bicyclic) bond motifs is 1. The summed E-state index contributed by atoms with van der Waals surface area (Å²) in [5.41, 5.74) is 3.48. The number of aromatic nitrogens is 3. The minimum Gasteiger partial charge on any atom is -0.298 e. The predicted molar refractivity (Wildman–Crippen MR) is 117 cm³/mol. The van der Waals surface area contributed by atoms with Crippen molar-refractivity contribution in [2.45, 2.75) is 18.7 Å². The van der Waals surface area contributed by atoms with Gasteiger partial charge < -0.3 is 0 Å². The first-order chi connectivity index (χ1) is 15.2. The molecule has 0 spiro atoms. The first-order valence-electron chi connectivity index (χ1n) is 9.55. The van der Waals surface area contributed by atoms with Crippen molar-refractivity contribution in [3.63, 3.8) is 0 Å². The van der Waals surface area contributed by atoms with Gasteiger partial charge in [-0.25, -0.2) is 14.4 Å². The predicted octanol–water partition coefficient (Wildman–Crippen LogP) is 3.95. The Morgan fingerprint density at radius 1 is 1.00 bits per heavy atom. The molecule has 0 bridgehead atoms. The van der Waals surface area contributed by atoms with E-state index in [1.165, 1.54) is 31.6 Å². The quantitative estimate of drug-likeness (QED) is 0.259. The number of hydrogen-bond donors (Lipinski definition) is 0. The molecule has 1 aromatic carbocycles. The summed E-state index contributed by atoms with van der Waals surface area (Å²) < 4.78 is 55.2. The van der Waals surface area contributed by atoms with Crippen LogP contribution in [0.1, 0.15) is 16.8 Å². The summed E-state index contributed by atoms with van der Waals surface area (Å²) in [6.45, 7) is 3.22. The Balaban J connectivity index is 1.68. The molecule has 10 heteroatoms. The molecule has 0 saturated heterocycles. The minimum atomic E-state index is -4.04. The number of halogens is 2. The van der Waals surface area contributed by atoms with Gasteiger partial charge in [0.15, 0.2) is 0 Å². The van der Waals surface area contributed by atoms with E-state index in [9.17, 15) is 17.2 Å². The minimum absolute atomic E-state index is 0.156. The molecule has 7 nitrogen and oxygen atoms in total. The molecule has 164 valence electrons. The second-order valence-electron chi connectivity index (χ2n) is 7.25. The molecule has 0 atom stereocenters. The SMILES string of the molecule is Cc1ccc(F)cc1S(=O)(=O)N(C)N=Cc1cnc2ccc(-c3cnc(F)c(C)c3)cn12. The zero-order valence-corrected chi connectivity index (χ0v) is 18.3. The zero-order valence-electron chi connectivity index (χ0n) is 17.5. The van der Waals surface area contributed by atoms with Crippen molar-refractivity contribution in [3.05, 3.63) is 83.6 Å². The Bertz CT molecular complexity index is 1460. The second kappa shape index (κ2) is 8.12. The molecule has 0 radical (unpaired) electrons. The van der Waals surface area contributed by atoms with Crippen LogP contribution in [0.5, 0.6) is 0 Å². The first kappa shape index (κ1) is 21.6. The Kier molecular flexibility index (Phi) is 5.47. The van der Waals surface area contributed by atoms with E-state index in [0.717, 1.165) is 21.6 Å². The highest BCUT2D eigenvalue weighted by atomic mass is 32.2. The Morgan fingerprint density at radius 2 is 1.78 bits per heavy atom. The molecular formula is C22H19F2N5O2S. The van der Waals surface area contributed by atoms with E-state index in [1.807, 2.05) is 6.07 Å². The van der Waals surface area contributed by atoms with Gasteiger partial charge in [-0.05, 0) is 49.7 Å². The Hall–Kier alpha value is -3.66. The number of hydrogen-bond acceptors (Lipinski definition) is 5. The van der Waals surface area contributed by atoms with Crippen LogP contribution in [-0.2, 0) is 10.0 Å². The van der Waals surface area contributed by atoms with Crippen LogP contribution in [0.4, 0.5) is 8.78 Å². The summed E-state index contributed by atoms with van der Waals surface area (Å²) in [6.07, 6.45) is 6.12. The van der Waals surface area contributed by atoms with Crippen LogP contribution in [0.3, 0.4) is 0 Å². The van der Waals surface area contributed by atoms with E-state index < -0.39 is 21.8 Å². The summed E-state index contributed by atoms with van der Waals surface area (Å²) in [7, 11) is -2.76. The summed E-state index contributed by atoms with van der Waals surface area (Å²) >= 11 is 0. The standard InChI is InChI=1S/C22H19F2N5O2S/c1-14-4-6-18(23)9-20(14)32(30,31)28(3)27-12-19-11-25-21-7-5-16(13-29(19)21)17-8-15(2)22(24)26-10-17/h4-13H,1-3H3. The molecule has 3 heterocycles. The molecule has 4 rings (SSSR count). The fraction of sp³-hybridized carbons (Fsp3) is 0.136. The van der Waals surface area contributed by atoms with E-state index >= 15 is 0 Å². The summed E-state index contributed by atoms with van der Waals surface area (Å²) in [4.78, 5) is 7.89. The van der Waals surface area contributed by atoms with Crippen molar-refractivity contribution >= 4 is 21.9 Å². The van der Waals surface area contributed by atoms with Crippen molar-refractivity contribution in [1.29, 1.82) is 0 Å². The largest absolute Gasteiger partial charge is 0.298 e. The molecule has 0 saturated carbocycles. The van der Waals surface area contributed by atoms with Crippen LogP contribution in [0.2, 0.25) is 0 Å². The normalized spacial score (nSPS) is 12.0. The smallest absolute Gasteiger partial charge is 0.279 e. The zero-order chi connectivity index (χ0) is 23.0. The molecular weight excluding hydrogens is 436 g/mol. The molecule has 0 aliphatic carbocycles. The van der Waals surface area contributed by atoms with Crippen LogP contribution in [0, 0.1) is 25.6 Å². The molecule has 32 heavy (non-hydrogen) atoms. The highest BCUT2D eigenvalue weighted by molar-refractivity contribution is 7.89. The van der Waals surface area contributed by atoms with Crippen LogP contribution in [0.25, 0.3) is 16.8 Å². The van der Waals surface area contributed by atoms with Crippen LogP contribution in [0.15, 0.2) is 65.0 Å². The highest BCUT2D eigenvalue weighted by Gasteiger charge is 2.22. The number of imidazole rings is 1. The average molecular weight is 455 g/mol. The lowest BCUT2D eigenvalue weighted by molar-refractivity contribution is 0.489. The van der Waals surface area contributed by atoms with E-state index in [0.29, 0.717) is 22.5 Å². The fourth-order valence-corrected chi connectivity index (χ4v) is 4.37. The maximum atomic E-state index is 13.6. The number of sulfonamides is 1. The van der Waals surface area contributed by atoms with E-state index in [2.05, 4.69) is 15.1 Å². The van der Waals surface area contributed by atoms with Gasteiger partial charge in [-0.2, -0.15) is 22.3 Å². The van der Waals surface area contributed by atoms with E-state index in [-0.39, 0.29) is 4.90 Å². The van der Waals surface area contributed by atoms with Crippen molar-refractivity contribution < 1.29 is 17.2 Å². The summed E-state index contributed by atoms with van der Waals surface area (Å²) in [5, 5.41) is 4.04. The van der Waals surface area contributed by atoms with Gasteiger partial charge in [0.25, 0.3) is 10.0 Å². The third-order valence-electron chi connectivity index (χ3n) is 5.01. The lowest BCUT2D eigenvalue weighted by Gasteiger charge is -2.15. The van der Waals surface area contributed by atoms with Crippen LogP contribution in [-0.4, -0.2) is 40.5 Å². The van der Waals surface area contributed by atoms with Crippen LogP contribution >= 0.6 is 0 Å². The number of rotatable bonds is 5. The van der Waals surface area contributed by atoms with Crippen molar-refractivity contribution in [1.82, 2.24) is 18.8 Å². The van der Waals surface area contributed by atoms with Gasteiger partial charge in [-0.15, -0.1) is 0 Å². The lowest BCUT2D eigenvalue weighted by atomic mass is 10.1. The monoisotopic (exact) mass is 455 g/mol. The molecule has 4 aromatic rings. The van der Waals surface area contributed by atoms with Crippen molar-refractivity contribution in [2.24, 2.45) is 5.10 Å². The van der Waals surface area contributed by atoms with Gasteiger partial charge in [0.2, 0.25) is 5.95 Å². The molecule has 0 amide bonds. The molecule has 0 aliphatic rings. The van der Waals surface area contributed by atoms with Crippen LogP contribution < -0.4 is 0 Å². The lowest BCUT2D eigenvalue weighted by Crippen LogP contribution is -2.23. The Morgan fingerprint density at radius 3 is 2.53 bits per heavy atom. The van der Waals surface area contributed by atoms with Crippen molar-refractivity contribution in [2.75, 3.05) is 7.05 Å². The fourth-order valence-electron chi connectivity index (χ4n) is 3.18. The second-order valence-corrected chi connectivity index (χ2v) is 9.17.